The number of hydrogen-bond acceptors (Lipinski definition) is 1. The molecule has 1 aromatic carbocycles. The molecule has 0 saturated carbocycles. The van der Waals surface area contributed by atoms with Gasteiger partial charge in [-0.2, -0.15) is 0 Å². The minimum atomic E-state index is -0.0179. The Kier molecular flexibility index (Phi) is 9.87. The molecule has 0 aliphatic rings. The fourth-order valence-electron chi connectivity index (χ4n) is 0.673. The van der Waals surface area contributed by atoms with E-state index in [1.54, 1.807) is 12.1 Å². The monoisotopic (exact) mass is 360 g/mol. The second-order valence-electron chi connectivity index (χ2n) is 1.96. The van der Waals surface area contributed by atoms with Crippen molar-refractivity contribution in [1.82, 2.24) is 3.26 Å². The van der Waals surface area contributed by atoms with E-state index in [1.165, 1.54) is 0 Å². The first-order chi connectivity index (χ1) is 5.24. The summed E-state index contributed by atoms with van der Waals surface area (Å²) in [7, 11) is 0. The fourth-order valence-corrected chi connectivity index (χ4v) is 1.29. The van der Waals surface area contributed by atoms with E-state index in [0.717, 1.165) is 29.5 Å². The molecular weight excluding hydrogens is 356 g/mol. The SMILES string of the molecule is Cl.Cl.O=C([NH][Zr])c1ccc(Br)cc1. The maximum atomic E-state index is 11.0. The molecule has 0 fully saturated rings. The molecule has 0 bridgehead atoms. The quantitative estimate of drug-likeness (QED) is 0.816. The van der Waals surface area contributed by atoms with Crippen molar-refractivity contribution in [3.8, 4) is 0 Å². The molecule has 0 spiro atoms. The number of rotatable bonds is 1. The van der Waals surface area contributed by atoms with Gasteiger partial charge >= 0.3 is 89.2 Å². The zero-order valence-electron chi connectivity index (χ0n) is 6.41. The van der Waals surface area contributed by atoms with Crippen molar-refractivity contribution in [2.24, 2.45) is 0 Å². The van der Waals surface area contributed by atoms with Crippen LogP contribution in [0.2, 0.25) is 0 Å². The molecule has 6 heteroatoms. The minimum absolute atomic E-state index is 0. The number of carbonyl (C=O) groups excluding carboxylic acids is 1. The molecule has 1 aromatic rings. The van der Waals surface area contributed by atoms with Crippen LogP contribution in [0.4, 0.5) is 0 Å². The molecule has 0 saturated heterocycles. The van der Waals surface area contributed by atoms with Gasteiger partial charge < -0.3 is 0 Å². The van der Waals surface area contributed by atoms with Gasteiger partial charge in [-0.05, 0) is 0 Å². The topological polar surface area (TPSA) is 29.1 Å². The van der Waals surface area contributed by atoms with E-state index >= 15 is 0 Å². The van der Waals surface area contributed by atoms with E-state index in [-0.39, 0.29) is 30.7 Å². The van der Waals surface area contributed by atoms with E-state index in [4.69, 9.17) is 0 Å². The van der Waals surface area contributed by atoms with Crippen LogP contribution in [0.1, 0.15) is 10.4 Å². The van der Waals surface area contributed by atoms with Crippen LogP contribution in [-0.4, -0.2) is 5.91 Å². The molecule has 0 atom stereocenters. The van der Waals surface area contributed by atoms with Crippen LogP contribution >= 0.6 is 40.7 Å². The molecule has 0 aliphatic carbocycles. The number of halogens is 3. The number of nitrogens with one attached hydrogen (secondary N) is 1. The number of amides is 1. The second kappa shape index (κ2) is 7.98. The molecule has 0 aliphatic heterocycles. The van der Waals surface area contributed by atoms with Gasteiger partial charge in [0.05, 0.1) is 0 Å². The fraction of sp³-hybridized carbons (Fsp3) is 0. The summed E-state index contributed by atoms with van der Waals surface area (Å²) in [5.74, 6) is -0.0179. The predicted octanol–water partition coefficient (Wildman–Crippen LogP) is 2.48. The van der Waals surface area contributed by atoms with Gasteiger partial charge in [0.1, 0.15) is 0 Å². The van der Waals surface area contributed by atoms with Gasteiger partial charge in [0, 0.05) is 0 Å². The summed E-state index contributed by atoms with van der Waals surface area (Å²) in [6.45, 7) is 0. The summed E-state index contributed by atoms with van der Waals surface area (Å²) in [5, 5.41) is 0. The number of hydrogen-bond donors (Lipinski definition) is 1. The number of carbonyl (C=O) groups is 1. The van der Waals surface area contributed by atoms with Gasteiger partial charge in [-0.25, -0.2) is 0 Å². The molecule has 1 N–H and O–H groups in total. The van der Waals surface area contributed by atoms with Crippen molar-refractivity contribution in [2.45, 2.75) is 0 Å². The van der Waals surface area contributed by atoms with Gasteiger partial charge in [0.2, 0.25) is 0 Å². The van der Waals surface area contributed by atoms with E-state index in [0.29, 0.717) is 5.56 Å². The zero-order valence-corrected chi connectivity index (χ0v) is 12.1. The Morgan fingerprint density at radius 3 is 2.08 bits per heavy atom. The molecule has 0 unspecified atom stereocenters. The Balaban J connectivity index is 0. The van der Waals surface area contributed by atoms with E-state index in [2.05, 4.69) is 19.2 Å². The first-order valence-corrected chi connectivity index (χ1v) is 4.99. The van der Waals surface area contributed by atoms with Gasteiger partial charge in [0.15, 0.2) is 0 Å². The van der Waals surface area contributed by atoms with Crippen molar-refractivity contribution in [3.05, 3.63) is 34.3 Å². The van der Waals surface area contributed by atoms with Crippen LogP contribution in [0.3, 0.4) is 0 Å². The third-order valence-corrected chi connectivity index (χ3v) is 2.31. The van der Waals surface area contributed by atoms with Gasteiger partial charge in [-0.1, -0.05) is 0 Å². The zero-order chi connectivity index (χ0) is 8.27. The summed E-state index contributed by atoms with van der Waals surface area (Å²) >= 11 is 4.31. The van der Waals surface area contributed by atoms with Crippen molar-refractivity contribution in [3.63, 3.8) is 0 Å². The summed E-state index contributed by atoms with van der Waals surface area (Å²) in [6.07, 6.45) is 0. The molecule has 71 valence electrons. The van der Waals surface area contributed by atoms with Crippen LogP contribution in [0.25, 0.3) is 0 Å². The Labute approximate surface area is 113 Å². The van der Waals surface area contributed by atoms with E-state index in [1.807, 2.05) is 12.1 Å². The Morgan fingerprint density at radius 2 is 1.69 bits per heavy atom. The molecule has 0 heterocycles. The molecule has 0 aromatic heterocycles. The van der Waals surface area contributed by atoms with Gasteiger partial charge in [-0.3, -0.25) is 0 Å². The first kappa shape index (κ1) is 16.1. The van der Waals surface area contributed by atoms with Crippen LogP contribution in [-0.2, 0) is 25.0 Å². The molecule has 1 amide bonds. The standard InChI is InChI=1S/C7H6BrNO.2ClH.Zr/c8-6-3-1-5(2-4-6)7(9)10;;;/h1-4H,(H2,9,10);2*1H;/q;;;+1/p-1. The Bertz CT molecular complexity index is 268. The van der Waals surface area contributed by atoms with Crippen LogP contribution in [0, 0.1) is 0 Å². The van der Waals surface area contributed by atoms with Crippen molar-refractivity contribution in [2.75, 3.05) is 0 Å². The Hall–Kier alpha value is 0.633. The summed E-state index contributed by atoms with van der Waals surface area (Å²) in [5.41, 5.74) is 0.699. The first-order valence-electron chi connectivity index (χ1n) is 2.96. The van der Waals surface area contributed by atoms with Crippen LogP contribution < -0.4 is 3.26 Å². The summed E-state index contributed by atoms with van der Waals surface area (Å²) < 4.78 is 3.62. The molecular formula is C7H7BrCl2NOZr. The van der Waals surface area contributed by atoms with Crippen molar-refractivity contribution < 1.29 is 29.8 Å². The third-order valence-electron chi connectivity index (χ3n) is 1.22. The molecule has 2 nitrogen and oxygen atoms in total. The Morgan fingerprint density at radius 1 is 1.23 bits per heavy atom. The molecule has 0 radical (unpaired) electrons. The predicted molar refractivity (Wildman–Crippen MR) is 56.1 cm³/mol. The van der Waals surface area contributed by atoms with Gasteiger partial charge in [0.25, 0.3) is 0 Å². The third kappa shape index (κ3) is 5.16. The number of benzene rings is 1. The van der Waals surface area contributed by atoms with Crippen molar-refractivity contribution in [1.29, 1.82) is 0 Å². The summed E-state index contributed by atoms with van der Waals surface area (Å²) in [6, 6.07) is 7.26. The van der Waals surface area contributed by atoms with Crippen molar-refractivity contribution >= 4 is 46.7 Å². The maximum absolute atomic E-state index is 11.0. The normalized spacial score (nSPS) is 7.69. The average molecular weight is 363 g/mol. The molecule has 1 rings (SSSR count). The van der Waals surface area contributed by atoms with Crippen LogP contribution in [0.15, 0.2) is 28.7 Å². The van der Waals surface area contributed by atoms with Gasteiger partial charge in [-0.15, -0.1) is 24.8 Å². The van der Waals surface area contributed by atoms with E-state index < -0.39 is 0 Å². The van der Waals surface area contributed by atoms with Crippen LogP contribution in [0.5, 0.6) is 0 Å². The van der Waals surface area contributed by atoms with E-state index in [9.17, 15) is 4.79 Å². The summed E-state index contributed by atoms with van der Waals surface area (Å²) in [4.78, 5) is 11.0. The average Bonchev–Trinajstić information content (AvgIpc) is 2.05. The second-order valence-corrected chi connectivity index (χ2v) is 3.49. The molecule has 13 heavy (non-hydrogen) atoms.